The van der Waals surface area contributed by atoms with Crippen LogP contribution in [-0.4, -0.2) is 38.5 Å². The number of nitrogens with one attached hydrogen (secondary N) is 1. The predicted octanol–water partition coefficient (Wildman–Crippen LogP) is 2.49. The van der Waals surface area contributed by atoms with Crippen molar-refractivity contribution in [2.75, 3.05) is 12.8 Å². The molecule has 122 valence electrons. The topological polar surface area (TPSA) is 72.7 Å². The van der Waals surface area contributed by atoms with Crippen molar-refractivity contribution >= 4 is 17.7 Å². The second-order valence-corrected chi connectivity index (χ2v) is 5.81. The first-order chi connectivity index (χ1) is 11.8. The van der Waals surface area contributed by atoms with Crippen LogP contribution in [0, 0.1) is 0 Å². The van der Waals surface area contributed by atoms with Crippen LogP contribution in [0.4, 0.5) is 0 Å². The molecule has 0 atom stereocenters. The molecule has 24 heavy (non-hydrogen) atoms. The third kappa shape index (κ3) is 3.80. The van der Waals surface area contributed by atoms with Crippen LogP contribution in [0.15, 0.2) is 60.1 Å². The van der Waals surface area contributed by atoms with Gasteiger partial charge in [0, 0.05) is 36.9 Å². The highest BCUT2D eigenvalue weighted by atomic mass is 32.2. The maximum atomic E-state index is 12.2. The minimum absolute atomic E-state index is 0.117. The highest BCUT2D eigenvalue weighted by Gasteiger charge is 2.11. The monoisotopic (exact) mass is 339 g/mol. The number of nitrogens with zero attached hydrogens (tertiary/aromatic N) is 4. The lowest BCUT2D eigenvalue weighted by Crippen LogP contribution is -2.28. The fourth-order valence-corrected chi connectivity index (χ4v) is 2.82. The van der Waals surface area contributed by atoms with Gasteiger partial charge in [-0.15, -0.1) is 11.8 Å². The fourth-order valence-electron chi connectivity index (χ4n) is 2.27. The minimum atomic E-state index is -0.117. The summed E-state index contributed by atoms with van der Waals surface area (Å²) in [5, 5.41) is 8.14. The zero-order valence-corrected chi connectivity index (χ0v) is 14.0. The van der Waals surface area contributed by atoms with Crippen LogP contribution in [-0.2, 0) is 6.54 Å². The van der Waals surface area contributed by atoms with Gasteiger partial charge in [-0.2, -0.15) is 5.10 Å². The highest BCUT2D eigenvalue weighted by molar-refractivity contribution is 7.98. The molecule has 0 bridgehead atoms. The molecule has 3 aromatic rings. The summed E-state index contributed by atoms with van der Waals surface area (Å²) in [5.41, 5.74) is 2.51. The van der Waals surface area contributed by atoms with Gasteiger partial charge in [-0.25, -0.2) is 4.98 Å². The van der Waals surface area contributed by atoms with Crippen molar-refractivity contribution < 1.29 is 4.79 Å². The number of pyridine rings is 2. The van der Waals surface area contributed by atoms with Gasteiger partial charge in [-0.1, -0.05) is 0 Å². The van der Waals surface area contributed by atoms with Crippen LogP contribution >= 0.6 is 11.8 Å². The Balaban J connectivity index is 1.57. The van der Waals surface area contributed by atoms with E-state index in [-0.39, 0.29) is 5.91 Å². The third-order valence-electron chi connectivity index (χ3n) is 3.45. The van der Waals surface area contributed by atoms with Gasteiger partial charge in [0.05, 0.1) is 17.8 Å². The third-order valence-corrected chi connectivity index (χ3v) is 4.16. The Kier molecular flexibility index (Phi) is 5.22. The highest BCUT2D eigenvalue weighted by Crippen LogP contribution is 2.16. The number of carbonyl (C=O) groups excluding carboxylic acids is 1. The molecule has 0 radical (unpaired) electrons. The number of carbonyl (C=O) groups is 1. The molecule has 3 rings (SSSR count). The normalized spacial score (nSPS) is 10.5. The summed E-state index contributed by atoms with van der Waals surface area (Å²) in [4.78, 5) is 20.4. The molecule has 6 nitrogen and oxygen atoms in total. The van der Waals surface area contributed by atoms with Gasteiger partial charge in [0.2, 0.25) is 0 Å². The van der Waals surface area contributed by atoms with E-state index >= 15 is 0 Å². The number of amides is 1. The Morgan fingerprint density at radius 3 is 2.83 bits per heavy atom. The summed E-state index contributed by atoms with van der Waals surface area (Å²) >= 11 is 1.46. The van der Waals surface area contributed by atoms with E-state index in [1.165, 1.54) is 11.8 Å². The lowest BCUT2D eigenvalue weighted by molar-refractivity contribution is 0.0948. The van der Waals surface area contributed by atoms with E-state index in [1.54, 1.807) is 30.7 Å². The van der Waals surface area contributed by atoms with Crippen LogP contribution in [0.1, 0.15) is 10.4 Å². The van der Waals surface area contributed by atoms with Crippen LogP contribution in [0.2, 0.25) is 0 Å². The van der Waals surface area contributed by atoms with Gasteiger partial charge < -0.3 is 5.32 Å². The zero-order valence-electron chi connectivity index (χ0n) is 13.2. The summed E-state index contributed by atoms with van der Waals surface area (Å²) in [5.74, 6) is -0.117. The number of thioether (sulfide) groups is 1. The van der Waals surface area contributed by atoms with E-state index in [0.29, 0.717) is 18.7 Å². The molecular weight excluding hydrogens is 322 g/mol. The summed E-state index contributed by atoms with van der Waals surface area (Å²) in [6.45, 7) is 1.10. The van der Waals surface area contributed by atoms with E-state index in [0.717, 1.165) is 16.3 Å². The molecule has 1 N–H and O–H groups in total. The van der Waals surface area contributed by atoms with E-state index in [2.05, 4.69) is 20.4 Å². The van der Waals surface area contributed by atoms with Gasteiger partial charge in [-0.3, -0.25) is 14.5 Å². The van der Waals surface area contributed by atoms with Gasteiger partial charge >= 0.3 is 0 Å². The second kappa shape index (κ2) is 7.74. The Morgan fingerprint density at radius 1 is 1.21 bits per heavy atom. The van der Waals surface area contributed by atoms with Gasteiger partial charge in [0.1, 0.15) is 5.03 Å². The van der Waals surface area contributed by atoms with Crippen molar-refractivity contribution in [3.8, 4) is 11.3 Å². The van der Waals surface area contributed by atoms with E-state index in [9.17, 15) is 4.79 Å². The average molecular weight is 339 g/mol. The van der Waals surface area contributed by atoms with Crippen molar-refractivity contribution in [1.29, 1.82) is 0 Å². The molecule has 0 spiro atoms. The van der Waals surface area contributed by atoms with Crippen molar-refractivity contribution in [1.82, 2.24) is 25.1 Å². The van der Waals surface area contributed by atoms with Gasteiger partial charge in [0.15, 0.2) is 0 Å². The Hall–Kier alpha value is -2.67. The Bertz CT molecular complexity index is 819. The standard InChI is InChI=1S/C17H17N5OS/c1-24-17-14(3-2-7-20-17)16(23)19-10-12-22-11-6-15(21-22)13-4-8-18-9-5-13/h2-9,11H,10,12H2,1H3,(H,19,23). The molecule has 0 aliphatic heterocycles. The first-order valence-corrected chi connectivity index (χ1v) is 8.71. The van der Waals surface area contributed by atoms with Crippen LogP contribution in [0.3, 0.4) is 0 Å². The quantitative estimate of drug-likeness (QED) is 0.699. The average Bonchev–Trinajstić information content (AvgIpc) is 3.11. The molecule has 3 aromatic heterocycles. The summed E-state index contributed by atoms with van der Waals surface area (Å²) in [6.07, 6.45) is 8.98. The zero-order chi connectivity index (χ0) is 16.8. The van der Waals surface area contributed by atoms with Crippen molar-refractivity contribution in [2.45, 2.75) is 11.6 Å². The first kappa shape index (κ1) is 16.2. The van der Waals surface area contributed by atoms with Gasteiger partial charge in [0.25, 0.3) is 5.91 Å². The smallest absolute Gasteiger partial charge is 0.254 e. The molecule has 0 aromatic carbocycles. The number of hydrogen-bond acceptors (Lipinski definition) is 5. The summed E-state index contributed by atoms with van der Waals surface area (Å²) in [7, 11) is 0. The predicted molar refractivity (Wildman–Crippen MR) is 93.8 cm³/mol. The lowest BCUT2D eigenvalue weighted by atomic mass is 10.2. The largest absolute Gasteiger partial charge is 0.350 e. The van der Waals surface area contributed by atoms with E-state index in [4.69, 9.17) is 0 Å². The molecule has 3 heterocycles. The van der Waals surface area contributed by atoms with Crippen LogP contribution in [0.5, 0.6) is 0 Å². The molecule has 1 amide bonds. The second-order valence-electron chi connectivity index (χ2n) is 5.02. The van der Waals surface area contributed by atoms with E-state index < -0.39 is 0 Å². The molecular formula is C17H17N5OS. The summed E-state index contributed by atoms with van der Waals surface area (Å²) < 4.78 is 1.81. The number of rotatable bonds is 6. The SMILES string of the molecule is CSc1ncccc1C(=O)NCCn1ccc(-c2ccncc2)n1. The fraction of sp³-hybridized carbons (Fsp3) is 0.176. The maximum absolute atomic E-state index is 12.2. The first-order valence-electron chi connectivity index (χ1n) is 7.49. The van der Waals surface area contributed by atoms with E-state index in [1.807, 2.05) is 35.3 Å². The molecule has 0 fully saturated rings. The van der Waals surface area contributed by atoms with Crippen molar-refractivity contribution in [2.24, 2.45) is 0 Å². The number of aromatic nitrogens is 4. The lowest BCUT2D eigenvalue weighted by Gasteiger charge is -2.07. The number of hydrogen-bond donors (Lipinski definition) is 1. The molecule has 0 saturated heterocycles. The van der Waals surface area contributed by atoms with Crippen molar-refractivity contribution in [3.05, 3.63) is 60.7 Å². The van der Waals surface area contributed by atoms with Crippen molar-refractivity contribution in [3.63, 3.8) is 0 Å². The molecule has 0 aliphatic carbocycles. The maximum Gasteiger partial charge on any atom is 0.254 e. The molecule has 0 saturated carbocycles. The Labute approximate surface area is 144 Å². The Morgan fingerprint density at radius 2 is 2.04 bits per heavy atom. The molecule has 0 aliphatic rings. The summed E-state index contributed by atoms with van der Waals surface area (Å²) in [6, 6.07) is 9.33. The molecule has 0 unspecified atom stereocenters. The van der Waals surface area contributed by atoms with Gasteiger partial charge in [-0.05, 0) is 36.6 Å². The minimum Gasteiger partial charge on any atom is -0.350 e. The molecule has 7 heteroatoms. The van der Waals surface area contributed by atoms with Crippen LogP contribution < -0.4 is 5.32 Å². The van der Waals surface area contributed by atoms with Crippen LogP contribution in [0.25, 0.3) is 11.3 Å².